The molecule has 0 aliphatic heterocycles. The molecule has 3 nitrogen and oxygen atoms in total. The third-order valence-electron chi connectivity index (χ3n) is 1.87. The average Bonchev–Trinajstić information content (AvgIpc) is 2.29. The molecule has 1 aromatic rings. The van der Waals surface area contributed by atoms with Gasteiger partial charge in [-0.05, 0) is 19.1 Å². The van der Waals surface area contributed by atoms with Crippen LogP contribution < -0.4 is 5.73 Å². The smallest absolute Gasteiger partial charge is 0.317 e. The van der Waals surface area contributed by atoms with Gasteiger partial charge in [0.2, 0.25) is 0 Å². The molecule has 90 valence electrons. The van der Waals surface area contributed by atoms with Crippen molar-refractivity contribution in [2.24, 2.45) is 0 Å². The van der Waals surface area contributed by atoms with Gasteiger partial charge in [-0.3, -0.25) is 4.79 Å². The van der Waals surface area contributed by atoms with Crippen LogP contribution in [-0.2, 0) is 9.53 Å². The molecule has 0 amide bonds. The van der Waals surface area contributed by atoms with Gasteiger partial charge in [0.25, 0.3) is 0 Å². The van der Waals surface area contributed by atoms with Crippen LogP contribution in [0.4, 0.5) is 5.69 Å². The predicted molar refractivity (Wildman–Crippen MR) is 69.0 cm³/mol. The Morgan fingerprint density at radius 2 is 2.12 bits per heavy atom. The Bertz CT molecular complexity index is 489. The monoisotopic (exact) mass is 271 g/mol. The highest BCUT2D eigenvalue weighted by molar-refractivity contribution is 6.44. The third-order valence-corrected chi connectivity index (χ3v) is 2.77. The number of esters is 1. The Labute approximate surface area is 110 Å². The van der Waals surface area contributed by atoms with E-state index < -0.39 is 0 Å². The summed E-state index contributed by atoms with van der Waals surface area (Å²) in [4.78, 5) is 11.0. The maximum atomic E-state index is 11.0. The van der Waals surface area contributed by atoms with Crippen molar-refractivity contribution in [1.29, 1.82) is 0 Å². The maximum absolute atomic E-state index is 11.0. The standard InChI is InChI=1S/C12H11Cl2NO2/c1-2-17-10(16)5-3-4-8-6-7-9(15)12(14)11(8)13/h6-7H,2,5,15H2,1H3. The van der Waals surface area contributed by atoms with Crippen molar-refractivity contribution in [3.63, 3.8) is 0 Å². The fourth-order valence-electron chi connectivity index (χ4n) is 1.08. The minimum Gasteiger partial charge on any atom is -0.465 e. The summed E-state index contributed by atoms with van der Waals surface area (Å²) in [6.45, 7) is 2.08. The minimum atomic E-state index is -0.363. The van der Waals surface area contributed by atoms with E-state index in [4.69, 9.17) is 33.7 Å². The molecule has 0 aliphatic carbocycles. The molecule has 17 heavy (non-hydrogen) atoms. The molecule has 5 heteroatoms. The van der Waals surface area contributed by atoms with Gasteiger partial charge in [-0.25, -0.2) is 0 Å². The fraction of sp³-hybridized carbons (Fsp3) is 0.250. The predicted octanol–water partition coefficient (Wildman–Crippen LogP) is 2.88. The van der Waals surface area contributed by atoms with E-state index in [0.717, 1.165) is 0 Å². The summed E-state index contributed by atoms with van der Waals surface area (Å²) in [5.41, 5.74) is 6.50. The van der Waals surface area contributed by atoms with Crippen molar-refractivity contribution in [3.05, 3.63) is 27.7 Å². The first kappa shape index (κ1) is 13.7. The van der Waals surface area contributed by atoms with Crippen LogP contribution in [0.3, 0.4) is 0 Å². The van der Waals surface area contributed by atoms with Gasteiger partial charge in [-0.15, -0.1) is 0 Å². The van der Waals surface area contributed by atoms with Crippen LogP contribution in [0.25, 0.3) is 0 Å². The number of carbonyl (C=O) groups excluding carboxylic acids is 1. The number of ether oxygens (including phenoxy) is 1. The molecule has 0 saturated heterocycles. The maximum Gasteiger partial charge on any atom is 0.317 e. The summed E-state index contributed by atoms with van der Waals surface area (Å²) >= 11 is 11.8. The lowest BCUT2D eigenvalue weighted by Crippen LogP contribution is -2.01. The van der Waals surface area contributed by atoms with Gasteiger partial charge in [-0.1, -0.05) is 35.0 Å². The van der Waals surface area contributed by atoms with E-state index in [2.05, 4.69) is 11.8 Å². The molecule has 0 spiro atoms. The fourth-order valence-corrected chi connectivity index (χ4v) is 1.47. The molecular formula is C12H11Cl2NO2. The molecule has 0 saturated carbocycles. The van der Waals surface area contributed by atoms with Gasteiger partial charge >= 0.3 is 5.97 Å². The van der Waals surface area contributed by atoms with Crippen molar-refractivity contribution in [3.8, 4) is 11.8 Å². The van der Waals surface area contributed by atoms with Crippen LogP contribution in [-0.4, -0.2) is 12.6 Å². The van der Waals surface area contributed by atoms with E-state index in [1.54, 1.807) is 19.1 Å². The van der Waals surface area contributed by atoms with E-state index in [-0.39, 0.29) is 17.4 Å². The van der Waals surface area contributed by atoms with Crippen molar-refractivity contribution < 1.29 is 9.53 Å². The lowest BCUT2D eigenvalue weighted by Gasteiger charge is -2.02. The number of rotatable bonds is 2. The van der Waals surface area contributed by atoms with Crippen LogP contribution in [0.5, 0.6) is 0 Å². The second-order valence-corrected chi connectivity index (χ2v) is 3.87. The van der Waals surface area contributed by atoms with Gasteiger partial charge in [0.1, 0.15) is 6.42 Å². The second-order valence-electron chi connectivity index (χ2n) is 3.11. The molecule has 2 N–H and O–H groups in total. The van der Waals surface area contributed by atoms with Gasteiger partial charge < -0.3 is 10.5 Å². The Kier molecular flexibility index (Phi) is 5.14. The van der Waals surface area contributed by atoms with Crippen LogP contribution >= 0.6 is 23.2 Å². The molecule has 0 atom stereocenters. The number of nitrogens with two attached hydrogens (primary N) is 1. The Balaban J connectivity index is 2.79. The highest BCUT2D eigenvalue weighted by atomic mass is 35.5. The first-order chi connectivity index (χ1) is 8.06. The SMILES string of the molecule is CCOC(=O)CC#Cc1ccc(N)c(Cl)c1Cl. The molecular weight excluding hydrogens is 261 g/mol. The number of benzene rings is 1. The highest BCUT2D eigenvalue weighted by Gasteiger charge is 2.05. The summed E-state index contributed by atoms with van der Waals surface area (Å²) in [6, 6.07) is 3.27. The summed E-state index contributed by atoms with van der Waals surface area (Å²) in [5, 5.41) is 0.567. The first-order valence-corrected chi connectivity index (χ1v) is 5.69. The van der Waals surface area contributed by atoms with Crippen LogP contribution in [0, 0.1) is 11.8 Å². The molecule has 0 aromatic heterocycles. The van der Waals surface area contributed by atoms with E-state index in [0.29, 0.717) is 22.9 Å². The molecule has 1 rings (SSSR count). The molecule has 0 aliphatic rings. The summed E-state index contributed by atoms with van der Waals surface area (Å²) < 4.78 is 4.73. The number of hydrogen-bond acceptors (Lipinski definition) is 3. The van der Waals surface area contributed by atoms with Gasteiger partial charge in [0.05, 0.1) is 22.3 Å². The Morgan fingerprint density at radius 3 is 2.76 bits per heavy atom. The van der Waals surface area contributed by atoms with E-state index in [1.165, 1.54) is 0 Å². The van der Waals surface area contributed by atoms with Crippen molar-refractivity contribution in [2.75, 3.05) is 12.3 Å². The first-order valence-electron chi connectivity index (χ1n) is 4.94. The number of halogens is 2. The molecule has 0 radical (unpaired) electrons. The quantitative estimate of drug-likeness (QED) is 0.511. The molecule has 0 unspecified atom stereocenters. The molecule has 0 heterocycles. The zero-order valence-corrected chi connectivity index (χ0v) is 10.7. The molecule has 0 bridgehead atoms. The van der Waals surface area contributed by atoms with Crippen molar-refractivity contribution in [2.45, 2.75) is 13.3 Å². The number of carbonyl (C=O) groups is 1. The van der Waals surface area contributed by atoms with Crippen LogP contribution in [0.15, 0.2) is 12.1 Å². The van der Waals surface area contributed by atoms with Gasteiger partial charge in [0, 0.05) is 5.56 Å². The highest BCUT2D eigenvalue weighted by Crippen LogP contribution is 2.30. The summed E-state index contributed by atoms with van der Waals surface area (Å²) in [6.07, 6.45) is 0.0200. The normalized spacial score (nSPS) is 9.35. The Hall–Kier alpha value is -1.37. The van der Waals surface area contributed by atoms with Gasteiger partial charge in [0.15, 0.2) is 0 Å². The van der Waals surface area contributed by atoms with Gasteiger partial charge in [-0.2, -0.15) is 0 Å². The topological polar surface area (TPSA) is 52.3 Å². The molecule has 1 aromatic carbocycles. The van der Waals surface area contributed by atoms with Crippen LogP contribution in [0.2, 0.25) is 10.0 Å². The van der Waals surface area contributed by atoms with Crippen LogP contribution in [0.1, 0.15) is 18.9 Å². The largest absolute Gasteiger partial charge is 0.465 e. The van der Waals surface area contributed by atoms with Crippen molar-refractivity contribution in [1.82, 2.24) is 0 Å². The van der Waals surface area contributed by atoms with E-state index in [9.17, 15) is 4.79 Å². The van der Waals surface area contributed by atoms with Crippen molar-refractivity contribution >= 4 is 34.9 Å². The Morgan fingerprint density at radius 1 is 1.41 bits per heavy atom. The zero-order chi connectivity index (χ0) is 12.8. The lowest BCUT2D eigenvalue weighted by atomic mass is 10.2. The number of nitrogen functional groups attached to an aromatic ring is 1. The summed E-state index contributed by atoms with van der Waals surface area (Å²) in [5.74, 6) is 5.05. The van der Waals surface area contributed by atoms with E-state index >= 15 is 0 Å². The average molecular weight is 272 g/mol. The number of anilines is 1. The number of hydrogen-bond donors (Lipinski definition) is 1. The minimum absolute atomic E-state index is 0.0200. The second kappa shape index (κ2) is 6.39. The zero-order valence-electron chi connectivity index (χ0n) is 9.22. The van der Waals surface area contributed by atoms with E-state index in [1.807, 2.05) is 0 Å². The third kappa shape index (κ3) is 3.85. The summed E-state index contributed by atoms with van der Waals surface area (Å²) in [7, 11) is 0. The molecule has 0 fully saturated rings. The lowest BCUT2D eigenvalue weighted by molar-refractivity contribution is -0.141.